The monoisotopic (exact) mass is 494 g/mol. The number of aromatic nitrogens is 1. The lowest BCUT2D eigenvalue weighted by Gasteiger charge is -2.29. The van der Waals surface area contributed by atoms with Crippen LogP contribution in [0, 0.1) is 11.7 Å². The van der Waals surface area contributed by atoms with Crippen LogP contribution < -0.4 is 14.8 Å². The molecule has 2 rings (SSSR count). The van der Waals surface area contributed by atoms with Crippen LogP contribution in [0.25, 0.3) is 0 Å². The first kappa shape index (κ1) is 27.0. The van der Waals surface area contributed by atoms with Crippen LogP contribution in [0.1, 0.15) is 56.6 Å². The third-order valence-electron chi connectivity index (χ3n) is 5.11. The highest BCUT2D eigenvalue weighted by molar-refractivity contribution is 6.31. The van der Waals surface area contributed by atoms with E-state index >= 15 is 0 Å². The van der Waals surface area contributed by atoms with Crippen molar-refractivity contribution < 1.29 is 33.0 Å². The van der Waals surface area contributed by atoms with E-state index in [-0.39, 0.29) is 33.7 Å². The van der Waals surface area contributed by atoms with E-state index in [9.17, 15) is 18.8 Å². The lowest BCUT2D eigenvalue weighted by Crippen LogP contribution is -2.42. The number of hydrogen-bond donors (Lipinski definition) is 1. The molecule has 0 radical (unpaired) electrons. The van der Waals surface area contributed by atoms with Crippen LogP contribution in [0.4, 0.5) is 4.39 Å². The number of esters is 2. The van der Waals surface area contributed by atoms with Crippen LogP contribution in [-0.2, 0) is 14.3 Å². The van der Waals surface area contributed by atoms with Crippen LogP contribution >= 0.6 is 11.6 Å². The molecule has 3 atom stereocenters. The second kappa shape index (κ2) is 11.8. The minimum atomic E-state index is -1.09. The van der Waals surface area contributed by atoms with Gasteiger partial charge in [0.05, 0.1) is 7.11 Å². The van der Waals surface area contributed by atoms with E-state index in [2.05, 4.69) is 10.3 Å². The lowest BCUT2D eigenvalue weighted by atomic mass is 9.84. The topological polar surface area (TPSA) is 104 Å². The number of pyridine rings is 1. The SMILES string of the molecule is COc1ccnc(C(=O)N[C@@H](C)C(=O)O[C@@H](C)[C@H](c2c(F)cccc2Cl)C(C)C)c1OC(C)=O. The van der Waals surface area contributed by atoms with E-state index in [0.717, 1.165) is 0 Å². The number of carbonyl (C=O) groups is 3. The normalized spacial score (nSPS) is 13.6. The van der Waals surface area contributed by atoms with E-state index in [0.29, 0.717) is 0 Å². The van der Waals surface area contributed by atoms with E-state index < -0.39 is 41.7 Å². The summed E-state index contributed by atoms with van der Waals surface area (Å²) in [6, 6.07) is 4.72. The molecule has 0 spiro atoms. The molecular formula is C24H28ClFN2O6. The average molecular weight is 495 g/mol. The van der Waals surface area contributed by atoms with Gasteiger partial charge in [-0.2, -0.15) is 0 Å². The van der Waals surface area contributed by atoms with Crippen LogP contribution in [0.15, 0.2) is 30.5 Å². The van der Waals surface area contributed by atoms with Crippen molar-refractivity contribution in [1.82, 2.24) is 10.3 Å². The van der Waals surface area contributed by atoms with Gasteiger partial charge in [-0.3, -0.25) is 9.59 Å². The zero-order valence-corrected chi connectivity index (χ0v) is 20.6. The lowest BCUT2D eigenvalue weighted by molar-refractivity contribution is -0.151. The van der Waals surface area contributed by atoms with Gasteiger partial charge in [0.1, 0.15) is 18.0 Å². The van der Waals surface area contributed by atoms with Crippen LogP contribution in [0.5, 0.6) is 11.5 Å². The fourth-order valence-corrected chi connectivity index (χ4v) is 3.91. The van der Waals surface area contributed by atoms with Crippen molar-refractivity contribution in [2.45, 2.75) is 52.7 Å². The van der Waals surface area contributed by atoms with Gasteiger partial charge in [0.15, 0.2) is 11.4 Å². The maximum absolute atomic E-state index is 14.5. The molecule has 10 heteroatoms. The van der Waals surface area contributed by atoms with Gasteiger partial charge in [0.25, 0.3) is 5.91 Å². The first-order valence-electron chi connectivity index (χ1n) is 10.6. The Kier molecular flexibility index (Phi) is 9.37. The molecule has 184 valence electrons. The Morgan fingerprint density at radius 2 is 1.79 bits per heavy atom. The van der Waals surface area contributed by atoms with Gasteiger partial charge in [-0.05, 0) is 31.9 Å². The van der Waals surface area contributed by atoms with Crippen LogP contribution in [0.2, 0.25) is 5.02 Å². The molecule has 8 nitrogen and oxygen atoms in total. The molecule has 0 saturated carbocycles. The first-order chi connectivity index (χ1) is 16.0. The highest BCUT2D eigenvalue weighted by Gasteiger charge is 2.32. The number of rotatable bonds is 9. The van der Waals surface area contributed by atoms with E-state index in [1.165, 1.54) is 45.4 Å². The number of halogens is 2. The van der Waals surface area contributed by atoms with Gasteiger partial charge in [-0.1, -0.05) is 31.5 Å². The molecule has 1 heterocycles. The Hall–Kier alpha value is -3.20. The van der Waals surface area contributed by atoms with Crippen molar-refractivity contribution >= 4 is 29.4 Å². The third-order valence-corrected chi connectivity index (χ3v) is 5.44. The fourth-order valence-electron chi connectivity index (χ4n) is 3.62. The van der Waals surface area contributed by atoms with Gasteiger partial charge in [-0.15, -0.1) is 0 Å². The van der Waals surface area contributed by atoms with Crippen molar-refractivity contribution in [3.05, 3.63) is 52.6 Å². The summed E-state index contributed by atoms with van der Waals surface area (Å²) < 4.78 is 30.3. The summed E-state index contributed by atoms with van der Waals surface area (Å²) in [6.07, 6.45) is 0.560. The minimum absolute atomic E-state index is 0.102. The molecule has 0 aliphatic rings. The molecule has 1 aromatic carbocycles. The van der Waals surface area contributed by atoms with Crippen LogP contribution in [-0.4, -0.2) is 42.1 Å². The van der Waals surface area contributed by atoms with Gasteiger partial charge in [0.2, 0.25) is 5.75 Å². The Morgan fingerprint density at radius 1 is 1.12 bits per heavy atom. The highest BCUT2D eigenvalue weighted by Crippen LogP contribution is 2.36. The van der Waals surface area contributed by atoms with E-state index in [4.69, 9.17) is 25.8 Å². The predicted molar refractivity (Wildman–Crippen MR) is 124 cm³/mol. The zero-order chi connectivity index (χ0) is 25.6. The second-order valence-corrected chi connectivity index (χ2v) is 8.43. The Balaban J connectivity index is 2.18. The molecule has 0 saturated heterocycles. The summed E-state index contributed by atoms with van der Waals surface area (Å²) in [4.78, 5) is 40.9. The van der Waals surface area contributed by atoms with Crippen LogP contribution in [0.3, 0.4) is 0 Å². The van der Waals surface area contributed by atoms with Crippen molar-refractivity contribution in [3.8, 4) is 11.5 Å². The Bertz CT molecular complexity index is 1040. The molecule has 2 aromatic rings. The molecular weight excluding hydrogens is 467 g/mol. The number of hydrogen-bond acceptors (Lipinski definition) is 7. The summed E-state index contributed by atoms with van der Waals surface area (Å²) in [7, 11) is 1.35. The highest BCUT2D eigenvalue weighted by atomic mass is 35.5. The third kappa shape index (κ3) is 6.44. The van der Waals surface area contributed by atoms with Crippen molar-refractivity contribution in [2.75, 3.05) is 7.11 Å². The summed E-state index contributed by atoms with van der Waals surface area (Å²) in [5, 5.41) is 2.71. The van der Waals surface area contributed by atoms with Crippen molar-refractivity contribution in [1.29, 1.82) is 0 Å². The quantitative estimate of drug-likeness (QED) is 0.518. The van der Waals surface area contributed by atoms with Gasteiger partial charge < -0.3 is 19.5 Å². The Morgan fingerprint density at radius 3 is 2.35 bits per heavy atom. The number of nitrogens with one attached hydrogen (secondary N) is 1. The van der Waals surface area contributed by atoms with Gasteiger partial charge >= 0.3 is 11.9 Å². The molecule has 0 aliphatic carbocycles. The summed E-state index contributed by atoms with van der Waals surface area (Å²) in [5.41, 5.74) is 0.0307. The number of benzene rings is 1. The largest absolute Gasteiger partial charge is 0.493 e. The average Bonchev–Trinajstić information content (AvgIpc) is 2.75. The minimum Gasteiger partial charge on any atom is -0.493 e. The summed E-state index contributed by atoms with van der Waals surface area (Å²) in [6.45, 7) is 7.98. The molecule has 1 aromatic heterocycles. The number of nitrogens with zero attached hydrogens (tertiary/aromatic N) is 1. The van der Waals surface area contributed by atoms with Gasteiger partial charge in [0, 0.05) is 35.7 Å². The van der Waals surface area contributed by atoms with Crippen molar-refractivity contribution in [3.63, 3.8) is 0 Å². The maximum Gasteiger partial charge on any atom is 0.328 e. The molecule has 0 bridgehead atoms. The number of amides is 1. The summed E-state index contributed by atoms with van der Waals surface area (Å²) in [5.74, 6) is -3.34. The maximum atomic E-state index is 14.5. The molecule has 0 fully saturated rings. The number of carbonyl (C=O) groups excluding carboxylic acids is 3. The molecule has 0 unspecified atom stereocenters. The fraction of sp³-hybridized carbons (Fsp3) is 0.417. The molecule has 1 N–H and O–H groups in total. The molecule has 1 amide bonds. The van der Waals surface area contributed by atoms with Gasteiger partial charge in [-0.25, -0.2) is 14.2 Å². The van der Waals surface area contributed by atoms with E-state index in [1.54, 1.807) is 13.0 Å². The number of methoxy groups -OCH3 is 1. The standard InChI is InChI=1S/C24H28ClFN2O6/c1-12(2)19(20-16(25)8-7-9-17(20)26)14(4)33-24(31)13(3)28-23(30)21-22(34-15(5)29)18(32-6)10-11-27-21/h7-14,19H,1-6H3,(H,28,30)/t13-,14-,19+/m0/s1. The molecule has 34 heavy (non-hydrogen) atoms. The summed E-state index contributed by atoms with van der Waals surface area (Å²) >= 11 is 6.23. The smallest absolute Gasteiger partial charge is 0.328 e. The number of ether oxygens (including phenoxy) is 3. The zero-order valence-electron chi connectivity index (χ0n) is 19.8. The van der Waals surface area contributed by atoms with E-state index in [1.807, 2.05) is 13.8 Å². The molecule has 0 aliphatic heterocycles. The first-order valence-corrected chi connectivity index (χ1v) is 11.0. The Labute approximate surface area is 202 Å². The predicted octanol–water partition coefficient (Wildman–Crippen LogP) is 4.30. The van der Waals surface area contributed by atoms with Crippen molar-refractivity contribution in [2.24, 2.45) is 5.92 Å². The second-order valence-electron chi connectivity index (χ2n) is 8.03.